The van der Waals surface area contributed by atoms with E-state index in [1.807, 2.05) is 11.8 Å². The van der Waals surface area contributed by atoms with Crippen LogP contribution in [0.3, 0.4) is 0 Å². The highest BCUT2D eigenvalue weighted by atomic mass is 32.2. The highest BCUT2D eigenvalue weighted by Crippen LogP contribution is 2.41. The third kappa shape index (κ3) is 2.98. The van der Waals surface area contributed by atoms with Crippen LogP contribution in [0.1, 0.15) is 59.3 Å². The average Bonchev–Trinajstić information content (AvgIpc) is 2.95. The maximum absolute atomic E-state index is 4.86. The van der Waals surface area contributed by atoms with Gasteiger partial charge in [-0.1, -0.05) is 38.5 Å². The number of amidine groups is 1. The van der Waals surface area contributed by atoms with E-state index in [0.29, 0.717) is 5.41 Å². The third-order valence-corrected chi connectivity index (χ3v) is 5.97. The van der Waals surface area contributed by atoms with Crippen molar-refractivity contribution in [3.63, 3.8) is 0 Å². The summed E-state index contributed by atoms with van der Waals surface area (Å²) in [7, 11) is 0. The predicted octanol–water partition coefficient (Wildman–Crippen LogP) is 3.82. The van der Waals surface area contributed by atoms with Gasteiger partial charge >= 0.3 is 0 Å². The maximum atomic E-state index is 4.86. The van der Waals surface area contributed by atoms with Crippen LogP contribution in [0.2, 0.25) is 0 Å². The van der Waals surface area contributed by atoms with Crippen molar-refractivity contribution in [2.75, 3.05) is 12.3 Å². The second-order valence-electron chi connectivity index (χ2n) is 6.01. The molecule has 0 aromatic carbocycles. The Balaban J connectivity index is 1.93. The molecule has 1 N–H and O–H groups in total. The van der Waals surface area contributed by atoms with E-state index in [-0.39, 0.29) is 5.54 Å². The van der Waals surface area contributed by atoms with Crippen LogP contribution in [-0.4, -0.2) is 23.0 Å². The lowest BCUT2D eigenvalue weighted by molar-refractivity contribution is 0.297. The molecule has 0 radical (unpaired) electrons. The van der Waals surface area contributed by atoms with Gasteiger partial charge in [0.25, 0.3) is 0 Å². The largest absolute Gasteiger partial charge is 0.359 e. The zero-order valence-electron chi connectivity index (χ0n) is 11.5. The lowest BCUT2D eigenvalue weighted by atomic mass is 9.84. The normalized spacial score (nSPS) is 34.2. The lowest BCUT2D eigenvalue weighted by Crippen LogP contribution is -2.40. The van der Waals surface area contributed by atoms with Gasteiger partial charge in [0.15, 0.2) is 5.17 Å². The van der Waals surface area contributed by atoms with Gasteiger partial charge in [0.2, 0.25) is 0 Å². The Morgan fingerprint density at radius 2 is 1.94 bits per heavy atom. The van der Waals surface area contributed by atoms with E-state index in [1.54, 1.807) is 0 Å². The SMILES string of the molecule is CCC1(CN=C2NC(C)(CC)CS2)CCCC1. The van der Waals surface area contributed by atoms with Crippen molar-refractivity contribution in [2.45, 2.75) is 64.8 Å². The summed E-state index contributed by atoms with van der Waals surface area (Å²) in [5.74, 6) is 1.17. The molecule has 0 spiro atoms. The third-order valence-electron chi connectivity index (χ3n) is 4.69. The first-order chi connectivity index (χ1) is 8.11. The van der Waals surface area contributed by atoms with Crippen LogP contribution in [0.25, 0.3) is 0 Å². The summed E-state index contributed by atoms with van der Waals surface area (Å²) >= 11 is 1.91. The molecule has 2 nitrogen and oxygen atoms in total. The van der Waals surface area contributed by atoms with Gasteiger partial charge in [-0.15, -0.1) is 0 Å². The standard InChI is InChI=1S/C14H26N2S/c1-4-13(3)11-17-12(16-13)15-10-14(5-2)8-6-7-9-14/h4-11H2,1-3H3,(H,15,16). The summed E-state index contributed by atoms with van der Waals surface area (Å²) in [5.41, 5.74) is 0.805. The number of hydrogen-bond donors (Lipinski definition) is 1. The van der Waals surface area contributed by atoms with E-state index in [1.165, 1.54) is 49.4 Å². The average molecular weight is 254 g/mol. The Labute approximate surface area is 110 Å². The minimum atomic E-state index is 0.276. The summed E-state index contributed by atoms with van der Waals surface area (Å²) in [4.78, 5) is 4.86. The highest BCUT2D eigenvalue weighted by Gasteiger charge is 2.34. The topological polar surface area (TPSA) is 24.4 Å². The van der Waals surface area contributed by atoms with Crippen LogP contribution in [-0.2, 0) is 0 Å². The summed E-state index contributed by atoms with van der Waals surface area (Å²) in [6, 6.07) is 0. The lowest BCUT2D eigenvalue weighted by Gasteiger charge is -2.25. The highest BCUT2D eigenvalue weighted by molar-refractivity contribution is 8.14. The van der Waals surface area contributed by atoms with E-state index in [4.69, 9.17) is 4.99 Å². The molecule has 1 aliphatic heterocycles. The van der Waals surface area contributed by atoms with Crippen LogP contribution >= 0.6 is 11.8 Å². The molecule has 3 heteroatoms. The molecule has 2 rings (SSSR count). The molecule has 0 amide bonds. The Kier molecular flexibility index (Phi) is 4.06. The van der Waals surface area contributed by atoms with Crippen molar-refractivity contribution < 1.29 is 0 Å². The van der Waals surface area contributed by atoms with Crippen LogP contribution in [0.4, 0.5) is 0 Å². The first kappa shape index (κ1) is 13.3. The predicted molar refractivity (Wildman–Crippen MR) is 77.8 cm³/mol. The van der Waals surface area contributed by atoms with Crippen LogP contribution in [0.15, 0.2) is 4.99 Å². The molecule has 17 heavy (non-hydrogen) atoms. The number of nitrogens with zero attached hydrogens (tertiary/aromatic N) is 1. The number of aliphatic imine (C=N–C) groups is 1. The molecule has 1 saturated carbocycles. The first-order valence-electron chi connectivity index (χ1n) is 7.07. The van der Waals surface area contributed by atoms with Gasteiger partial charge in [0.05, 0.1) is 0 Å². The summed E-state index contributed by atoms with van der Waals surface area (Å²) in [6.07, 6.45) is 8.06. The zero-order valence-corrected chi connectivity index (χ0v) is 12.3. The Hall–Kier alpha value is -0.180. The van der Waals surface area contributed by atoms with Gasteiger partial charge in [-0.25, -0.2) is 0 Å². The van der Waals surface area contributed by atoms with Gasteiger partial charge < -0.3 is 5.32 Å². The fourth-order valence-electron chi connectivity index (χ4n) is 2.82. The number of rotatable bonds is 4. The minimum absolute atomic E-state index is 0.276. The zero-order chi connectivity index (χ0) is 12.4. The van der Waals surface area contributed by atoms with Crippen molar-refractivity contribution in [1.29, 1.82) is 0 Å². The Bertz CT molecular complexity index is 295. The summed E-state index contributed by atoms with van der Waals surface area (Å²) in [6.45, 7) is 7.92. The van der Waals surface area contributed by atoms with Crippen LogP contribution in [0, 0.1) is 5.41 Å². The Morgan fingerprint density at radius 1 is 1.24 bits per heavy atom. The molecule has 98 valence electrons. The van der Waals surface area contributed by atoms with E-state index in [2.05, 4.69) is 26.1 Å². The molecule has 2 aliphatic rings. The van der Waals surface area contributed by atoms with Crippen molar-refractivity contribution in [3.8, 4) is 0 Å². The van der Waals surface area contributed by atoms with E-state index in [9.17, 15) is 0 Å². The molecule has 2 fully saturated rings. The molecule has 0 bridgehead atoms. The van der Waals surface area contributed by atoms with Gasteiger partial charge in [-0.3, -0.25) is 4.99 Å². The number of hydrogen-bond acceptors (Lipinski definition) is 2. The van der Waals surface area contributed by atoms with Crippen molar-refractivity contribution in [1.82, 2.24) is 5.32 Å². The second-order valence-corrected chi connectivity index (χ2v) is 6.97. The van der Waals surface area contributed by atoms with E-state index >= 15 is 0 Å². The molecule has 1 heterocycles. The first-order valence-corrected chi connectivity index (χ1v) is 8.05. The molecule has 1 saturated heterocycles. The summed E-state index contributed by atoms with van der Waals surface area (Å²) in [5, 5.41) is 4.78. The van der Waals surface area contributed by atoms with E-state index < -0.39 is 0 Å². The van der Waals surface area contributed by atoms with Gasteiger partial charge in [0, 0.05) is 17.8 Å². The van der Waals surface area contributed by atoms with Crippen LogP contribution in [0.5, 0.6) is 0 Å². The van der Waals surface area contributed by atoms with Crippen LogP contribution < -0.4 is 5.32 Å². The van der Waals surface area contributed by atoms with E-state index in [0.717, 1.165) is 6.54 Å². The smallest absolute Gasteiger partial charge is 0.157 e. The fraction of sp³-hybridized carbons (Fsp3) is 0.929. The molecule has 0 aromatic heterocycles. The van der Waals surface area contributed by atoms with Gasteiger partial charge in [-0.2, -0.15) is 0 Å². The van der Waals surface area contributed by atoms with Crippen molar-refractivity contribution >= 4 is 16.9 Å². The number of thioether (sulfide) groups is 1. The minimum Gasteiger partial charge on any atom is -0.359 e. The fourth-order valence-corrected chi connectivity index (χ4v) is 4.03. The number of nitrogens with one attached hydrogen (secondary N) is 1. The molecular formula is C14H26N2S. The van der Waals surface area contributed by atoms with Gasteiger partial charge in [0.1, 0.15) is 0 Å². The monoisotopic (exact) mass is 254 g/mol. The van der Waals surface area contributed by atoms with Crippen molar-refractivity contribution in [2.24, 2.45) is 10.4 Å². The van der Waals surface area contributed by atoms with Gasteiger partial charge in [-0.05, 0) is 38.0 Å². The Morgan fingerprint density at radius 3 is 2.47 bits per heavy atom. The molecule has 1 atom stereocenters. The maximum Gasteiger partial charge on any atom is 0.157 e. The molecular weight excluding hydrogens is 228 g/mol. The summed E-state index contributed by atoms with van der Waals surface area (Å²) < 4.78 is 0. The molecule has 1 unspecified atom stereocenters. The van der Waals surface area contributed by atoms with Crippen molar-refractivity contribution in [3.05, 3.63) is 0 Å². The molecule has 1 aliphatic carbocycles. The quantitative estimate of drug-likeness (QED) is 0.825. The molecule has 0 aromatic rings. The second kappa shape index (κ2) is 5.21.